The minimum absolute atomic E-state index is 0.323. The van der Waals surface area contributed by atoms with E-state index in [4.69, 9.17) is 9.47 Å². The number of benzene rings is 2. The van der Waals surface area contributed by atoms with Gasteiger partial charge in [0.1, 0.15) is 11.6 Å². The van der Waals surface area contributed by atoms with Crippen LogP contribution in [-0.4, -0.2) is 29.7 Å². The third-order valence-corrected chi connectivity index (χ3v) is 5.15. The molecular formula is C24H31IN2O4. The second-order valence-corrected chi connectivity index (χ2v) is 9.78. The van der Waals surface area contributed by atoms with Crippen LogP contribution in [0.5, 0.6) is 0 Å². The van der Waals surface area contributed by atoms with Crippen molar-refractivity contribution in [1.82, 2.24) is 5.32 Å². The molecule has 2 atom stereocenters. The highest BCUT2D eigenvalue weighted by atomic mass is 127. The van der Waals surface area contributed by atoms with E-state index in [-0.39, 0.29) is 5.91 Å². The Morgan fingerprint density at radius 2 is 1.65 bits per heavy atom. The fourth-order valence-corrected chi connectivity index (χ4v) is 3.97. The molecule has 0 heterocycles. The molecule has 2 aromatic carbocycles. The molecule has 6 nitrogen and oxygen atoms in total. The summed E-state index contributed by atoms with van der Waals surface area (Å²) in [7, 11) is 0. The van der Waals surface area contributed by atoms with E-state index in [9.17, 15) is 9.59 Å². The third kappa shape index (κ3) is 8.14. The predicted molar refractivity (Wildman–Crippen MR) is 131 cm³/mol. The van der Waals surface area contributed by atoms with Gasteiger partial charge in [-0.15, -0.1) is 0 Å². The highest BCUT2D eigenvalue weighted by Gasteiger charge is 2.30. The molecular weight excluding hydrogens is 507 g/mol. The maximum atomic E-state index is 13.2. The van der Waals surface area contributed by atoms with Gasteiger partial charge in [0.15, 0.2) is 0 Å². The summed E-state index contributed by atoms with van der Waals surface area (Å²) in [6.45, 7) is 11.3. The molecule has 0 aliphatic heterocycles. The number of rotatable bonds is 7. The third-order valence-electron chi connectivity index (χ3n) is 4.53. The standard InChI is InChI=1S/C24H31IN2O4/c1-15-12-19(25)13-16(2)20(15)26-22(28)21(27-23(29)31-24(4,5)6)17(3)30-14-18-10-8-7-9-11-18/h7-13,17,21H,14H2,1-6H3,(H,26,28)(H,27,29)/t17-,21+/m0/s1. The van der Waals surface area contributed by atoms with Crippen LogP contribution >= 0.6 is 22.6 Å². The number of carbonyl (C=O) groups is 2. The number of alkyl carbamates (subject to hydrolysis) is 1. The zero-order valence-corrected chi connectivity index (χ0v) is 21.1. The summed E-state index contributed by atoms with van der Waals surface area (Å²) in [5.41, 5.74) is 2.94. The number of amides is 2. The molecule has 2 N–H and O–H groups in total. The van der Waals surface area contributed by atoms with Gasteiger partial charge in [-0.25, -0.2) is 4.79 Å². The molecule has 31 heavy (non-hydrogen) atoms. The first-order valence-electron chi connectivity index (χ1n) is 10.2. The summed E-state index contributed by atoms with van der Waals surface area (Å²) in [5, 5.41) is 5.64. The summed E-state index contributed by atoms with van der Waals surface area (Å²) >= 11 is 2.24. The zero-order valence-electron chi connectivity index (χ0n) is 18.9. The van der Waals surface area contributed by atoms with Gasteiger partial charge in [-0.2, -0.15) is 0 Å². The van der Waals surface area contributed by atoms with Crippen LogP contribution in [-0.2, 0) is 20.9 Å². The van der Waals surface area contributed by atoms with Gasteiger partial charge >= 0.3 is 6.09 Å². The van der Waals surface area contributed by atoms with E-state index in [1.807, 2.05) is 56.3 Å². The van der Waals surface area contributed by atoms with Crippen molar-refractivity contribution in [2.24, 2.45) is 0 Å². The molecule has 0 saturated carbocycles. The Bertz CT molecular complexity index is 887. The lowest BCUT2D eigenvalue weighted by Gasteiger charge is -2.27. The number of halogens is 1. The number of ether oxygens (including phenoxy) is 2. The average Bonchev–Trinajstić information content (AvgIpc) is 2.66. The molecule has 0 saturated heterocycles. The summed E-state index contributed by atoms with van der Waals surface area (Å²) in [4.78, 5) is 25.6. The van der Waals surface area contributed by atoms with Gasteiger partial charge in [0, 0.05) is 9.26 Å². The molecule has 0 radical (unpaired) electrons. The molecule has 2 rings (SSSR count). The highest BCUT2D eigenvalue weighted by Crippen LogP contribution is 2.24. The van der Waals surface area contributed by atoms with Crippen molar-refractivity contribution in [1.29, 1.82) is 0 Å². The van der Waals surface area contributed by atoms with Crippen molar-refractivity contribution in [2.75, 3.05) is 5.32 Å². The van der Waals surface area contributed by atoms with Gasteiger partial charge in [-0.3, -0.25) is 4.79 Å². The molecule has 2 amide bonds. The van der Waals surface area contributed by atoms with Crippen LogP contribution < -0.4 is 10.6 Å². The van der Waals surface area contributed by atoms with Crippen molar-refractivity contribution >= 4 is 40.3 Å². The molecule has 0 aromatic heterocycles. The molecule has 0 aliphatic carbocycles. The number of hydrogen-bond donors (Lipinski definition) is 2. The number of anilines is 1. The molecule has 0 unspecified atom stereocenters. The van der Waals surface area contributed by atoms with Gasteiger partial charge in [0.25, 0.3) is 0 Å². The van der Waals surface area contributed by atoms with Gasteiger partial charge in [0.05, 0.1) is 12.7 Å². The second kappa shape index (κ2) is 10.9. The molecule has 0 spiro atoms. The lowest BCUT2D eigenvalue weighted by Crippen LogP contribution is -2.52. The highest BCUT2D eigenvalue weighted by molar-refractivity contribution is 14.1. The van der Waals surface area contributed by atoms with Crippen molar-refractivity contribution in [2.45, 2.75) is 65.9 Å². The van der Waals surface area contributed by atoms with Crippen LogP contribution in [0.15, 0.2) is 42.5 Å². The van der Waals surface area contributed by atoms with Crippen molar-refractivity contribution in [3.05, 3.63) is 62.7 Å². The quantitative estimate of drug-likeness (QED) is 0.467. The Balaban J connectivity index is 2.19. The van der Waals surface area contributed by atoms with Gasteiger partial charge in [-0.05, 0) is 93.0 Å². The Morgan fingerprint density at radius 1 is 1.06 bits per heavy atom. The number of carbonyl (C=O) groups excluding carboxylic acids is 2. The molecule has 2 aromatic rings. The predicted octanol–water partition coefficient (Wildman–Crippen LogP) is 5.35. The first-order chi connectivity index (χ1) is 14.5. The number of aryl methyl sites for hydroxylation is 2. The maximum absolute atomic E-state index is 13.2. The molecule has 0 fully saturated rings. The summed E-state index contributed by atoms with van der Waals surface area (Å²) in [6, 6.07) is 12.7. The van der Waals surface area contributed by atoms with Crippen LogP contribution in [0.4, 0.5) is 10.5 Å². The number of nitrogens with one attached hydrogen (secondary N) is 2. The largest absolute Gasteiger partial charge is 0.444 e. The molecule has 0 bridgehead atoms. The van der Waals surface area contributed by atoms with E-state index < -0.39 is 23.8 Å². The lowest BCUT2D eigenvalue weighted by molar-refractivity contribution is -0.122. The zero-order chi connectivity index (χ0) is 23.2. The monoisotopic (exact) mass is 538 g/mol. The van der Waals surface area contributed by atoms with E-state index >= 15 is 0 Å². The van der Waals surface area contributed by atoms with E-state index in [0.29, 0.717) is 6.61 Å². The van der Waals surface area contributed by atoms with Crippen LogP contribution in [0.2, 0.25) is 0 Å². The Morgan fingerprint density at radius 3 is 2.19 bits per heavy atom. The Labute approximate surface area is 198 Å². The summed E-state index contributed by atoms with van der Waals surface area (Å²) < 4.78 is 12.4. The summed E-state index contributed by atoms with van der Waals surface area (Å²) in [6.07, 6.45) is -1.25. The maximum Gasteiger partial charge on any atom is 0.408 e. The van der Waals surface area contributed by atoms with Crippen LogP contribution in [0.3, 0.4) is 0 Å². The first kappa shape index (κ1) is 25.1. The fraction of sp³-hybridized carbons (Fsp3) is 0.417. The molecule has 168 valence electrons. The van der Waals surface area contributed by atoms with E-state index in [1.165, 1.54) is 0 Å². The second-order valence-electron chi connectivity index (χ2n) is 8.53. The van der Waals surface area contributed by atoms with Crippen molar-refractivity contribution in [3.63, 3.8) is 0 Å². The van der Waals surface area contributed by atoms with Crippen LogP contribution in [0, 0.1) is 17.4 Å². The van der Waals surface area contributed by atoms with Gasteiger partial charge in [0.2, 0.25) is 5.91 Å². The van der Waals surface area contributed by atoms with Crippen molar-refractivity contribution in [3.8, 4) is 0 Å². The molecule has 0 aliphatic rings. The number of hydrogen-bond acceptors (Lipinski definition) is 4. The van der Waals surface area contributed by atoms with E-state index in [0.717, 1.165) is 25.9 Å². The van der Waals surface area contributed by atoms with Crippen molar-refractivity contribution < 1.29 is 19.1 Å². The van der Waals surface area contributed by atoms with E-state index in [2.05, 4.69) is 33.2 Å². The lowest BCUT2D eigenvalue weighted by atomic mass is 10.1. The van der Waals surface area contributed by atoms with E-state index in [1.54, 1.807) is 27.7 Å². The Hall–Kier alpha value is -2.13. The first-order valence-corrected chi connectivity index (χ1v) is 11.3. The summed E-state index contributed by atoms with van der Waals surface area (Å²) in [5.74, 6) is -0.362. The smallest absolute Gasteiger partial charge is 0.408 e. The van der Waals surface area contributed by atoms with Gasteiger partial charge in [-0.1, -0.05) is 30.3 Å². The van der Waals surface area contributed by atoms with Crippen LogP contribution in [0.25, 0.3) is 0 Å². The topological polar surface area (TPSA) is 76.7 Å². The SMILES string of the molecule is Cc1cc(I)cc(C)c1NC(=O)[C@H](NC(=O)OC(C)(C)C)[C@H](C)OCc1ccccc1. The average molecular weight is 538 g/mol. The van der Waals surface area contributed by atoms with Crippen LogP contribution in [0.1, 0.15) is 44.4 Å². The van der Waals surface area contributed by atoms with Gasteiger partial charge < -0.3 is 20.1 Å². The minimum atomic E-state index is -0.934. The normalized spacial score (nSPS) is 13.3. The minimum Gasteiger partial charge on any atom is -0.444 e. The fourth-order valence-electron chi connectivity index (χ4n) is 3.04. The molecule has 7 heteroatoms. The Kier molecular flexibility index (Phi) is 8.88.